The van der Waals surface area contributed by atoms with Gasteiger partial charge in [-0.15, -0.1) is 0 Å². The molecular formula is C7H16N4O4S. The van der Waals surface area contributed by atoms with Crippen molar-refractivity contribution in [2.24, 2.45) is 0 Å². The highest BCUT2D eigenvalue weighted by Gasteiger charge is 2.34. The fourth-order valence-electron chi connectivity index (χ4n) is 1.21. The quantitative estimate of drug-likeness (QED) is 0.238. The Morgan fingerprint density at radius 2 is 1.56 bits per heavy atom. The van der Waals surface area contributed by atoms with Crippen LogP contribution < -0.4 is 21.7 Å². The molecule has 1 aliphatic heterocycles. The second kappa shape index (κ2) is 5.68. The van der Waals surface area contributed by atoms with E-state index >= 15 is 0 Å². The molecule has 1 heterocycles. The Hall–Kier alpha value is -0.550. The summed E-state index contributed by atoms with van der Waals surface area (Å²) in [6.45, 7) is 1.31. The first kappa shape index (κ1) is 13.5. The zero-order chi connectivity index (χ0) is 12.3. The second-order valence-corrected chi connectivity index (χ2v) is 3.97. The molecule has 4 atom stereocenters. The molecule has 1 aliphatic rings. The number of hydrogen-bond acceptors (Lipinski definition) is 7. The molecule has 8 N–H and O–H groups in total. The van der Waals surface area contributed by atoms with Gasteiger partial charge in [-0.1, -0.05) is 0 Å². The van der Waals surface area contributed by atoms with E-state index < -0.39 is 30.6 Å². The standard InChI is InChI=1S/C7H16N4O4S/c1-2(12)3(13)4(14)5(15)6-8-10-7(16)11-9-6/h2-6,8-9,12-15H,1H3,(H2,10,11,16)/t2-,3-,4-,5+/m0/s1. The van der Waals surface area contributed by atoms with E-state index in [4.69, 9.17) is 17.3 Å². The fourth-order valence-corrected chi connectivity index (χ4v) is 1.33. The first-order valence-electron chi connectivity index (χ1n) is 4.72. The van der Waals surface area contributed by atoms with Crippen LogP contribution in [0, 0.1) is 0 Å². The second-order valence-electron chi connectivity index (χ2n) is 3.56. The van der Waals surface area contributed by atoms with E-state index in [1.807, 2.05) is 0 Å². The van der Waals surface area contributed by atoms with E-state index in [9.17, 15) is 15.3 Å². The Labute approximate surface area is 97.6 Å². The predicted octanol–water partition coefficient (Wildman–Crippen LogP) is -3.74. The minimum absolute atomic E-state index is 0.286. The summed E-state index contributed by atoms with van der Waals surface area (Å²) >= 11 is 4.72. The maximum absolute atomic E-state index is 9.68. The summed E-state index contributed by atoms with van der Waals surface area (Å²) < 4.78 is 0. The van der Waals surface area contributed by atoms with Gasteiger partial charge < -0.3 is 20.4 Å². The van der Waals surface area contributed by atoms with Crippen LogP contribution in [0.15, 0.2) is 0 Å². The van der Waals surface area contributed by atoms with Crippen LogP contribution in [0.5, 0.6) is 0 Å². The van der Waals surface area contributed by atoms with Crippen molar-refractivity contribution in [2.45, 2.75) is 37.5 Å². The zero-order valence-electron chi connectivity index (χ0n) is 8.58. The van der Waals surface area contributed by atoms with Crippen molar-refractivity contribution in [1.29, 1.82) is 0 Å². The molecule has 0 aromatic carbocycles. The van der Waals surface area contributed by atoms with Gasteiger partial charge in [0.2, 0.25) is 0 Å². The number of nitrogens with one attached hydrogen (secondary N) is 4. The van der Waals surface area contributed by atoms with Crippen LogP contribution in [0.1, 0.15) is 6.92 Å². The summed E-state index contributed by atoms with van der Waals surface area (Å²) in [4.78, 5) is 0. The summed E-state index contributed by atoms with van der Waals surface area (Å²) in [7, 11) is 0. The lowest BCUT2D eigenvalue weighted by atomic mass is 10.0. The van der Waals surface area contributed by atoms with Gasteiger partial charge in [-0.3, -0.25) is 10.9 Å². The monoisotopic (exact) mass is 252 g/mol. The van der Waals surface area contributed by atoms with Crippen LogP contribution >= 0.6 is 12.2 Å². The SMILES string of the molecule is C[C@H](O)[C@H](O)[C@H](O)[C@@H](O)C1NNC(=S)NN1. The summed E-state index contributed by atoms with van der Waals surface area (Å²) in [6.07, 6.45) is -6.19. The Morgan fingerprint density at radius 3 is 2.00 bits per heavy atom. The largest absolute Gasteiger partial charge is 0.391 e. The average Bonchev–Trinajstić information content (AvgIpc) is 2.27. The van der Waals surface area contributed by atoms with Crippen LogP contribution in [0.3, 0.4) is 0 Å². The summed E-state index contributed by atoms with van der Waals surface area (Å²) in [6, 6.07) is 0. The van der Waals surface area contributed by atoms with Crippen LogP contribution in [-0.4, -0.2) is 56.1 Å². The minimum Gasteiger partial charge on any atom is -0.391 e. The first-order valence-corrected chi connectivity index (χ1v) is 5.13. The van der Waals surface area contributed by atoms with Crippen LogP contribution in [0.4, 0.5) is 0 Å². The maximum atomic E-state index is 9.68. The smallest absolute Gasteiger partial charge is 0.195 e. The third-order valence-corrected chi connectivity index (χ3v) is 2.42. The number of hydrogen-bond donors (Lipinski definition) is 8. The fraction of sp³-hybridized carbons (Fsp3) is 0.857. The van der Waals surface area contributed by atoms with Gasteiger partial charge in [0.1, 0.15) is 24.5 Å². The Bertz CT molecular complexity index is 245. The Balaban J connectivity index is 2.50. The van der Waals surface area contributed by atoms with E-state index in [0.717, 1.165) is 0 Å². The molecule has 0 saturated carbocycles. The molecule has 0 bridgehead atoms. The van der Waals surface area contributed by atoms with Crippen molar-refractivity contribution >= 4 is 17.3 Å². The van der Waals surface area contributed by atoms with Gasteiger partial charge in [-0.05, 0) is 19.1 Å². The van der Waals surface area contributed by atoms with E-state index in [1.165, 1.54) is 6.92 Å². The molecule has 0 aliphatic carbocycles. The summed E-state index contributed by atoms with van der Waals surface area (Å²) in [5, 5.41) is 37.9. The average molecular weight is 252 g/mol. The Morgan fingerprint density at radius 1 is 1.06 bits per heavy atom. The lowest BCUT2D eigenvalue weighted by molar-refractivity contribution is -0.113. The van der Waals surface area contributed by atoms with Crippen molar-refractivity contribution in [1.82, 2.24) is 21.7 Å². The first-order chi connectivity index (χ1) is 7.43. The number of thiocarbonyl (C=S) groups is 1. The normalized spacial score (nSPS) is 25.2. The van der Waals surface area contributed by atoms with Gasteiger partial charge in [-0.2, -0.15) is 0 Å². The topological polar surface area (TPSA) is 129 Å². The van der Waals surface area contributed by atoms with E-state index in [0.29, 0.717) is 0 Å². The molecule has 0 aromatic rings. The highest BCUT2D eigenvalue weighted by atomic mass is 32.1. The van der Waals surface area contributed by atoms with Gasteiger partial charge in [0, 0.05) is 0 Å². The van der Waals surface area contributed by atoms with Gasteiger partial charge >= 0.3 is 0 Å². The maximum Gasteiger partial charge on any atom is 0.195 e. The number of aliphatic hydroxyl groups is 4. The third-order valence-electron chi connectivity index (χ3n) is 2.22. The molecule has 1 saturated heterocycles. The zero-order valence-corrected chi connectivity index (χ0v) is 9.40. The van der Waals surface area contributed by atoms with Crippen molar-refractivity contribution < 1.29 is 20.4 Å². The highest BCUT2D eigenvalue weighted by molar-refractivity contribution is 7.80. The number of aliphatic hydroxyl groups excluding tert-OH is 4. The van der Waals surface area contributed by atoms with Gasteiger partial charge in [-0.25, -0.2) is 10.9 Å². The van der Waals surface area contributed by atoms with Crippen molar-refractivity contribution in [3.63, 3.8) is 0 Å². The van der Waals surface area contributed by atoms with Crippen LogP contribution in [0.25, 0.3) is 0 Å². The molecular weight excluding hydrogens is 236 g/mol. The highest BCUT2D eigenvalue weighted by Crippen LogP contribution is 2.07. The third kappa shape index (κ3) is 3.22. The predicted molar refractivity (Wildman–Crippen MR) is 58.6 cm³/mol. The van der Waals surface area contributed by atoms with E-state index in [1.54, 1.807) is 0 Å². The van der Waals surface area contributed by atoms with E-state index in [-0.39, 0.29) is 5.11 Å². The van der Waals surface area contributed by atoms with E-state index in [2.05, 4.69) is 21.7 Å². The Kier molecular flexibility index (Phi) is 4.80. The molecule has 16 heavy (non-hydrogen) atoms. The molecule has 8 nitrogen and oxygen atoms in total. The molecule has 0 radical (unpaired) electrons. The molecule has 0 aromatic heterocycles. The molecule has 0 spiro atoms. The number of rotatable bonds is 4. The van der Waals surface area contributed by atoms with Crippen molar-refractivity contribution in [3.05, 3.63) is 0 Å². The molecule has 94 valence electrons. The van der Waals surface area contributed by atoms with Crippen LogP contribution in [0.2, 0.25) is 0 Å². The number of hydrazine groups is 2. The van der Waals surface area contributed by atoms with Gasteiger partial charge in [0.25, 0.3) is 0 Å². The van der Waals surface area contributed by atoms with Crippen LogP contribution in [-0.2, 0) is 0 Å². The molecule has 0 unspecified atom stereocenters. The summed E-state index contributed by atoms with van der Waals surface area (Å²) in [5.41, 5.74) is 10.2. The molecule has 1 fully saturated rings. The minimum atomic E-state index is -1.50. The molecule has 9 heteroatoms. The molecule has 1 rings (SSSR count). The van der Waals surface area contributed by atoms with Gasteiger partial charge in [0.15, 0.2) is 5.11 Å². The van der Waals surface area contributed by atoms with Crippen molar-refractivity contribution in [2.75, 3.05) is 0 Å². The van der Waals surface area contributed by atoms with Crippen molar-refractivity contribution in [3.8, 4) is 0 Å². The lowest BCUT2D eigenvalue weighted by Crippen LogP contribution is -2.71. The molecule has 0 amide bonds. The van der Waals surface area contributed by atoms with Gasteiger partial charge in [0.05, 0.1) is 6.10 Å². The summed E-state index contributed by atoms with van der Waals surface area (Å²) in [5.74, 6) is 0. The lowest BCUT2D eigenvalue weighted by Gasteiger charge is -2.34.